The molecule has 0 spiro atoms. The number of hydrogen-bond acceptors (Lipinski definition) is 4. The Balaban J connectivity index is 2.30. The van der Waals surface area contributed by atoms with E-state index in [1.54, 1.807) is 42.5 Å². The minimum atomic E-state index is -0.520. The zero-order valence-corrected chi connectivity index (χ0v) is 14.6. The highest BCUT2D eigenvalue weighted by Crippen LogP contribution is 2.32. The summed E-state index contributed by atoms with van der Waals surface area (Å²) in [6.07, 6.45) is 1.46. The molecule has 2 aromatic rings. The molecule has 0 aliphatic heterocycles. The van der Waals surface area contributed by atoms with Crippen LogP contribution in [0.5, 0.6) is 11.5 Å². The van der Waals surface area contributed by atoms with Gasteiger partial charge in [0.05, 0.1) is 13.7 Å². The molecule has 0 unspecified atom stereocenters. The van der Waals surface area contributed by atoms with Crippen LogP contribution in [0.4, 0.5) is 5.69 Å². The summed E-state index contributed by atoms with van der Waals surface area (Å²) in [6.45, 7) is 2.34. The van der Waals surface area contributed by atoms with Gasteiger partial charge in [0.2, 0.25) is 0 Å². The van der Waals surface area contributed by atoms with Gasteiger partial charge in [-0.1, -0.05) is 23.7 Å². The van der Waals surface area contributed by atoms with Crippen LogP contribution in [0.1, 0.15) is 12.5 Å². The molecule has 0 heterocycles. The summed E-state index contributed by atoms with van der Waals surface area (Å²) in [7, 11) is 1.51. The van der Waals surface area contributed by atoms with Gasteiger partial charge in [-0.15, -0.1) is 0 Å². The van der Waals surface area contributed by atoms with Crippen molar-refractivity contribution in [3.63, 3.8) is 0 Å². The Hall–Kier alpha value is -2.97. The predicted octanol–water partition coefficient (Wildman–Crippen LogP) is 4.29. The Morgan fingerprint density at radius 1 is 1.28 bits per heavy atom. The van der Waals surface area contributed by atoms with Gasteiger partial charge in [-0.25, -0.2) is 0 Å². The molecule has 6 heteroatoms. The second-order valence-corrected chi connectivity index (χ2v) is 5.38. The van der Waals surface area contributed by atoms with E-state index >= 15 is 0 Å². The van der Waals surface area contributed by atoms with Crippen LogP contribution in [0.15, 0.2) is 48.0 Å². The summed E-state index contributed by atoms with van der Waals surface area (Å²) in [5.41, 5.74) is 1.07. The van der Waals surface area contributed by atoms with Crippen LogP contribution in [-0.4, -0.2) is 19.6 Å². The Morgan fingerprint density at radius 3 is 2.60 bits per heavy atom. The molecule has 1 amide bonds. The Morgan fingerprint density at radius 2 is 2.00 bits per heavy atom. The van der Waals surface area contributed by atoms with Crippen LogP contribution in [0.25, 0.3) is 6.08 Å². The molecule has 0 aliphatic carbocycles. The van der Waals surface area contributed by atoms with Gasteiger partial charge in [-0.3, -0.25) is 4.79 Å². The smallest absolute Gasteiger partial charge is 0.266 e. The number of para-hydroxylation sites is 1. The van der Waals surface area contributed by atoms with E-state index < -0.39 is 5.91 Å². The number of nitrogens with zero attached hydrogens (tertiary/aromatic N) is 1. The van der Waals surface area contributed by atoms with Crippen molar-refractivity contribution in [2.75, 3.05) is 19.0 Å². The van der Waals surface area contributed by atoms with Gasteiger partial charge in [0.25, 0.3) is 5.91 Å². The van der Waals surface area contributed by atoms with Gasteiger partial charge in [-0.2, -0.15) is 5.26 Å². The SMILES string of the molecule is CCOc1cccc(/C=C(\C#N)C(=O)Nc2ccc(Cl)cc2)c1OC. The van der Waals surface area contributed by atoms with Crippen molar-refractivity contribution >= 4 is 29.3 Å². The third kappa shape index (κ3) is 4.75. The van der Waals surface area contributed by atoms with E-state index in [1.807, 2.05) is 13.0 Å². The summed E-state index contributed by atoms with van der Waals surface area (Å²) in [6, 6.07) is 13.8. The van der Waals surface area contributed by atoms with Crippen molar-refractivity contribution < 1.29 is 14.3 Å². The second-order valence-electron chi connectivity index (χ2n) is 4.94. The molecule has 0 aromatic heterocycles. The number of rotatable bonds is 6. The standard InChI is InChI=1S/C19H17ClN2O3/c1-3-25-17-6-4-5-13(18(17)24-2)11-14(12-21)19(23)22-16-9-7-15(20)8-10-16/h4-11H,3H2,1-2H3,(H,22,23)/b14-11+. The molecule has 25 heavy (non-hydrogen) atoms. The van der Waals surface area contributed by atoms with E-state index in [0.29, 0.717) is 34.4 Å². The fourth-order valence-corrected chi connectivity index (χ4v) is 2.30. The van der Waals surface area contributed by atoms with E-state index in [9.17, 15) is 10.1 Å². The van der Waals surface area contributed by atoms with Crippen molar-refractivity contribution in [2.24, 2.45) is 0 Å². The third-order valence-corrected chi connectivity index (χ3v) is 3.53. The van der Waals surface area contributed by atoms with Gasteiger partial charge in [-0.05, 0) is 43.3 Å². The van der Waals surface area contributed by atoms with Gasteiger partial charge in [0.15, 0.2) is 11.5 Å². The maximum atomic E-state index is 12.3. The molecular formula is C19H17ClN2O3. The number of ether oxygens (including phenoxy) is 2. The highest BCUT2D eigenvalue weighted by molar-refractivity contribution is 6.30. The third-order valence-electron chi connectivity index (χ3n) is 3.28. The van der Waals surface area contributed by atoms with Gasteiger partial charge >= 0.3 is 0 Å². The molecule has 0 radical (unpaired) electrons. The lowest BCUT2D eigenvalue weighted by Crippen LogP contribution is -2.13. The molecule has 5 nitrogen and oxygen atoms in total. The maximum absolute atomic E-state index is 12.3. The van der Waals surface area contributed by atoms with Crippen LogP contribution < -0.4 is 14.8 Å². The number of hydrogen-bond donors (Lipinski definition) is 1. The molecular weight excluding hydrogens is 340 g/mol. The maximum Gasteiger partial charge on any atom is 0.266 e. The van der Waals surface area contributed by atoms with E-state index in [1.165, 1.54) is 13.2 Å². The number of anilines is 1. The van der Waals surface area contributed by atoms with Crippen LogP contribution in [0, 0.1) is 11.3 Å². The molecule has 0 saturated heterocycles. The van der Waals surface area contributed by atoms with Crippen molar-refractivity contribution in [1.29, 1.82) is 5.26 Å². The quantitative estimate of drug-likeness (QED) is 0.619. The predicted molar refractivity (Wildman–Crippen MR) is 97.8 cm³/mol. The van der Waals surface area contributed by atoms with Crippen molar-refractivity contribution in [2.45, 2.75) is 6.92 Å². The molecule has 0 bridgehead atoms. The van der Waals surface area contributed by atoms with Gasteiger partial charge in [0, 0.05) is 16.3 Å². The summed E-state index contributed by atoms with van der Waals surface area (Å²) < 4.78 is 10.9. The molecule has 0 fully saturated rings. The lowest BCUT2D eigenvalue weighted by Gasteiger charge is -2.12. The molecule has 2 aromatic carbocycles. The van der Waals surface area contributed by atoms with Crippen LogP contribution in [0.3, 0.4) is 0 Å². The molecule has 0 saturated carbocycles. The Labute approximate surface area is 151 Å². The first kappa shape index (κ1) is 18.4. The number of nitrogens with one attached hydrogen (secondary N) is 1. The van der Waals surface area contributed by atoms with Gasteiger partial charge < -0.3 is 14.8 Å². The first-order valence-corrected chi connectivity index (χ1v) is 7.95. The number of nitriles is 1. The van der Waals surface area contributed by atoms with Crippen molar-refractivity contribution in [1.82, 2.24) is 0 Å². The number of methoxy groups -OCH3 is 1. The average molecular weight is 357 g/mol. The highest BCUT2D eigenvalue weighted by atomic mass is 35.5. The number of carbonyl (C=O) groups excluding carboxylic acids is 1. The number of carbonyl (C=O) groups is 1. The molecule has 1 N–H and O–H groups in total. The summed E-state index contributed by atoms with van der Waals surface area (Å²) in [4.78, 5) is 12.3. The zero-order chi connectivity index (χ0) is 18.2. The number of benzene rings is 2. The monoisotopic (exact) mass is 356 g/mol. The van der Waals surface area contributed by atoms with Gasteiger partial charge in [0.1, 0.15) is 11.6 Å². The molecule has 0 aliphatic rings. The minimum absolute atomic E-state index is 0.0538. The largest absolute Gasteiger partial charge is 0.492 e. The fourth-order valence-electron chi connectivity index (χ4n) is 2.17. The minimum Gasteiger partial charge on any atom is -0.492 e. The van der Waals surface area contributed by atoms with Crippen LogP contribution >= 0.6 is 11.6 Å². The highest BCUT2D eigenvalue weighted by Gasteiger charge is 2.13. The second kappa shape index (κ2) is 8.76. The first-order valence-electron chi connectivity index (χ1n) is 7.57. The topological polar surface area (TPSA) is 71.3 Å². The lowest BCUT2D eigenvalue weighted by molar-refractivity contribution is -0.112. The fraction of sp³-hybridized carbons (Fsp3) is 0.158. The summed E-state index contributed by atoms with van der Waals surface area (Å²) >= 11 is 5.82. The van der Waals surface area contributed by atoms with Crippen LogP contribution in [0.2, 0.25) is 5.02 Å². The summed E-state index contributed by atoms with van der Waals surface area (Å²) in [5.74, 6) is 0.499. The van der Waals surface area contributed by atoms with Crippen LogP contribution in [-0.2, 0) is 4.79 Å². The number of amides is 1. The first-order chi connectivity index (χ1) is 12.1. The van der Waals surface area contributed by atoms with Crippen molar-refractivity contribution in [3.8, 4) is 17.6 Å². The molecule has 0 atom stereocenters. The molecule has 128 valence electrons. The lowest BCUT2D eigenvalue weighted by atomic mass is 10.1. The normalized spacial score (nSPS) is 10.7. The van der Waals surface area contributed by atoms with E-state index in [0.717, 1.165) is 0 Å². The molecule has 2 rings (SSSR count). The summed E-state index contributed by atoms with van der Waals surface area (Å²) in [5, 5.41) is 12.6. The number of halogens is 1. The zero-order valence-electron chi connectivity index (χ0n) is 13.9. The van der Waals surface area contributed by atoms with E-state index in [2.05, 4.69) is 5.32 Å². The Kier molecular flexibility index (Phi) is 6.44. The average Bonchev–Trinajstić information content (AvgIpc) is 2.62. The van der Waals surface area contributed by atoms with E-state index in [4.69, 9.17) is 21.1 Å². The van der Waals surface area contributed by atoms with Crippen molar-refractivity contribution in [3.05, 3.63) is 58.6 Å². The Bertz CT molecular complexity index is 824. The van der Waals surface area contributed by atoms with E-state index in [-0.39, 0.29) is 5.57 Å².